The van der Waals surface area contributed by atoms with Gasteiger partial charge in [0.2, 0.25) is 0 Å². The van der Waals surface area contributed by atoms with Gasteiger partial charge in [-0.1, -0.05) is 18.2 Å². The third-order valence-corrected chi connectivity index (χ3v) is 5.54. The molecule has 0 atom stereocenters. The molecule has 0 spiro atoms. The minimum absolute atomic E-state index is 0.00196. The second-order valence-electron chi connectivity index (χ2n) is 7.52. The van der Waals surface area contributed by atoms with E-state index in [0.29, 0.717) is 12.2 Å². The first kappa shape index (κ1) is 17.7. The number of aromatic nitrogens is 2. The van der Waals surface area contributed by atoms with E-state index in [-0.39, 0.29) is 11.4 Å². The van der Waals surface area contributed by atoms with Gasteiger partial charge in [0.15, 0.2) is 0 Å². The van der Waals surface area contributed by atoms with E-state index in [1.54, 1.807) is 6.20 Å². The zero-order valence-corrected chi connectivity index (χ0v) is 16.5. The number of carbonyl (C=O) groups is 1. The molecule has 1 aliphatic rings. The Labute approximate surface area is 163 Å². The SMILES string of the molecule is CC(C)(C)N1CCN(C(=O)c2csc(-c3ccccn3)n2)c2ccccc21. The number of amides is 1. The van der Waals surface area contributed by atoms with Crippen LogP contribution in [0.1, 0.15) is 31.3 Å². The van der Waals surface area contributed by atoms with Gasteiger partial charge in [-0.3, -0.25) is 9.78 Å². The summed E-state index contributed by atoms with van der Waals surface area (Å²) in [6, 6.07) is 13.8. The molecule has 6 heteroatoms. The highest BCUT2D eigenvalue weighted by Crippen LogP contribution is 2.37. The number of hydrogen-bond donors (Lipinski definition) is 0. The molecule has 2 aromatic heterocycles. The van der Waals surface area contributed by atoms with Crippen LogP contribution in [-0.4, -0.2) is 34.5 Å². The molecule has 0 N–H and O–H groups in total. The number of para-hydroxylation sites is 2. The van der Waals surface area contributed by atoms with Gasteiger partial charge >= 0.3 is 0 Å². The van der Waals surface area contributed by atoms with Gasteiger partial charge in [0, 0.05) is 30.2 Å². The molecule has 3 aromatic rings. The molecule has 1 aromatic carbocycles. The maximum absolute atomic E-state index is 13.2. The average molecular weight is 379 g/mol. The van der Waals surface area contributed by atoms with Crippen LogP contribution in [0.15, 0.2) is 54.0 Å². The number of benzene rings is 1. The van der Waals surface area contributed by atoms with Gasteiger partial charge in [0.05, 0.1) is 17.1 Å². The molecule has 0 radical (unpaired) electrons. The number of thiazole rings is 1. The van der Waals surface area contributed by atoms with Crippen molar-refractivity contribution in [2.75, 3.05) is 22.9 Å². The summed E-state index contributed by atoms with van der Waals surface area (Å²) in [5, 5.41) is 2.59. The van der Waals surface area contributed by atoms with Gasteiger partial charge in [0.25, 0.3) is 5.91 Å². The summed E-state index contributed by atoms with van der Waals surface area (Å²) in [4.78, 5) is 26.3. The molecule has 27 heavy (non-hydrogen) atoms. The second-order valence-corrected chi connectivity index (χ2v) is 8.38. The molecule has 0 fully saturated rings. The van der Waals surface area contributed by atoms with Crippen molar-refractivity contribution < 1.29 is 4.79 Å². The lowest BCUT2D eigenvalue weighted by Gasteiger charge is -2.44. The molecule has 1 amide bonds. The minimum Gasteiger partial charge on any atom is -0.363 e. The van der Waals surface area contributed by atoms with Crippen LogP contribution in [0.3, 0.4) is 0 Å². The standard InChI is InChI=1S/C21H22N4OS/c1-21(2,3)25-13-12-24(17-9-4-5-10-18(17)25)20(26)16-14-27-19(23-16)15-8-6-7-11-22-15/h4-11,14H,12-13H2,1-3H3. The van der Waals surface area contributed by atoms with Crippen molar-refractivity contribution >= 4 is 28.6 Å². The fourth-order valence-corrected chi connectivity index (χ4v) is 4.16. The Bertz CT molecular complexity index is 962. The molecule has 138 valence electrons. The Morgan fingerprint density at radius 1 is 1.04 bits per heavy atom. The number of carbonyl (C=O) groups excluding carboxylic acids is 1. The van der Waals surface area contributed by atoms with E-state index >= 15 is 0 Å². The molecule has 0 saturated carbocycles. The van der Waals surface area contributed by atoms with Crippen LogP contribution >= 0.6 is 11.3 Å². The van der Waals surface area contributed by atoms with Crippen LogP contribution in [0.25, 0.3) is 10.7 Å². The van der Waals surface area contributed by atoms with E-state index in [4.69, 9.17) is 0 Å². The van der Waals surface area contributed by atoms with E-state index in [9.17, 15) is 4.79 Å². The molecule has 0 aliphatic carbocycles. The quantitative estimate of drug-likeness (QED) is 0.660. The highest BCUT2D eigenvalue weighted by atomic mass is 32.1. The van der Waals surface area contributed by atoms with Crippen molar-refractivity contribution in [2.24, 2.45) is 0 Å². The Morgan fingerprint density at radius 3 is 2.48 bits per heavy atom. The monoisotopic (exact) mass is 378 g/mol. The summed E-state index contributed by atoms with van der Waals surface area (Å²) in [5.74, 6) is -0.0607. The highest BCUT2D eigenvalue weighted by Gasteiger charge is 2.33. The van der Waals surface area contributed by atoms with Gasteiger partial charge in [-0.15, -0.1) is 11.3 Å². The van der Waals surface area contributed by atoms with Gasteiger partial charge in [-0.2, -0.15) is 0 Å². The van der Waals surface area contributed by atoms with E-state index in [0.717, 1.165) is 28.6 Å². The third-order valence-electron chi connectivity index (χ3n) is 4.67. The van der Waals surface area contributed by atoms with Gasteiger partial charge in [-0.05, 0) is 45.0 Å². The van der Waals surface area contributed by atoms with Crippen LogP contribution < -0.4 is 9.80 Å². The maximum Gasteiger partial charge on any atom is 0.277 e. The summed E-state index contributed by atoms with van der Waals surface area (Å²) in [7, 11) is 0. The molecular formula is C21H22N4OS. The Balaban J connectivity index is 1.66. The topological polar surface area (TPSA) is 49.3 Å². The predicted octanol–water partition coefficient (Wildman–Crippen LogP) is 4.47. The summed E-state index contributed by atoms with van der Waals surface area (Å²) in [6.45, 7) is 8.02. The largest absolute Gasteiger partial charge is 0.363 e. The Hall–Kier alpha value is -2.73. The van der Waals surface area contributed by atoms with Crippen molar-refractivity contribution in [1.29, 1.82) is 0 Å². The smallest absolute Gasteiger partial charge is 0.277 e. The number of hydrogen-bond acceptors (Lipinski definition) is 5. The number of nitrogens with zero attached hydrogens (tertiary/aromatic N) is 4. The van der Waals surface area contributed by atoms with Gasteiger partial charge < -0.3 is 9.80 Å². The van der Waals surface area contributed by atoms with E-state index < -0.39 is 0 Å². The Kier molecular flexibility index (Phi) is 4.44. The zero-order chi connectivity index (χ0) is 19.0. The molecule has 0 bridgehead atoms. The first-order chi connectivity index (χ1) is 12.9. The summed E-state index contributed by atoms with van der Waals surface area (Å²) in [6.07, 6.45) is 1.74. The summed E-state index contributed by atoms with van der Waals surface area (Å²) < 4.78 is 0. The summed E-state index contributed by atoms with van der Waals surface area (Å²) >= 11 is 1.45. The molecule has 0 saturated heterocycles. The van der Waals surface area contributed by atoms with Crippen LogP contribution in [-0.2, 0) is 0 Å². The molecule has 5 nitrogen and oxygen atoms in total. The molecule has 1 aliphatic heterocycles. The van der Waals surface area contributed by atoms with E-state index in [2.05, 4.69) is 41.7 Å². The van der Waals surface area contributed by atoms with Crippen LogP contribution in [0.4, 0.5) is 11.4 Å². The average Bonchev–Trinajstić information content (AvgIpc) is 3.17. The predicted molar refractivity (Wildman–Crippen MR) is 111 cm³/mol. The normalized spacial score (nSPS) is 14.2. The third kappa shape index (κ3) is 3.32. The molecule has 4 rings (SSSR count). The van der Waals surface area contributed by atoms with Crippen molar-refractivity contribution in [3.05, 3.63) is 59.7 Å². The lowest BCUT2D eigenvalue weighted by Crippen LogP contribution is -2.51. The van der Waals surface area contributed by atoms with Gasteiger partial charge in [0.1, 0.15) is 10.7 Å². The number of rotatable bonds is 2. The Morgan fingerprint density at radius 2 is 1.78 bits per heavy atom. The lowest BCUT2D eigenvalue weighted by molar-refractivity contribution is 0.0982. The fourth-order valence-electron chi connectivity index (χ4n) is 3.39. The van der Waals surface area contributed by atoms with Crippen molar-refractivity contribution in [3.8, 4) is 10.7 Å². The zero-order valence-electron chi connectivity index (χ0n) is 15.7. The van der Waals surface area contributed by atoms with Crippen LogP contribution in [0, 0.1) is 0 Å². The maximum atomic E-state index is 13.2. The first-order valence-corrected chi connectivity index (χ1v) is 9.88. The summed E-state index contributed by atoms with van der Waals surface area (Å²) in [5.41, 5.74) is 3.29. The highest BCUT2D eigenvalue weighted by molar-refractivity contribution is 7.13. The number of anilines is 2. The van der Waals surface area contributed by atoms with Crippen LogP contribution in [0.5, 0.6) is 0 Å². The minimum atomic E-state index is -0.0607. The van der Waals surface area contributed by atoms with Gasteiger partial charge in [-0.25, -0.2) is 4.98 Å². The van der Waals surface area contributed by atoms with Crippen molar-refractivity contribution in [3.63, 3.8) is 0 Å². The van der Waals surface area contributed by atoms with E-state index in [1.807, 2.05) is 46.7 Å². The molecule has 3 heterocycles. The number of pyridine rings is 1. The van der Waals surface area contributed by atoms with Crippen LogP contribution in [0.2, 0.25) is 0 Å². The van der Waals surface area contributed by atoms with Crippen molar-refractivity contribution in [2.45, 2.75) is 26.3 Å². The molecule has 0 unspecified atom stereocenters. The second kappa shape index (κ2) is 6.78. The number of fused-ring (bicyclic) bond motifs is 1. The molecular weight excluding hydrogens is 356 g/mol. The first-order valence-electron chi connectivity index (χ1n) is 9.00. The lowest BCUT2D eigenvalue weighted by atomic mass is 10.0. The van der Waals surface area contributed by atoms with Crippen molar-refractivity contribution in [1.82, 2.24) is 9.97 Å². The fraction of sp³-hybridized carbons (Fsp3) is 0.286. The van der Waals surface area contributed by atoms with E-state index in [1.165, 1.54) is 11.3 Å².